The van der Waals surface area contributed by atoms with Gasteiger partial charge in [-0.1, -0.05) is 0 Å². The number of amides is 1. The van der Waals surface area contributed by atoms with Gasteiger partial charge in [-0.05, 0) is 50.1 Å². The number of hydrogen-bond donors (Lipinski definition) is 0. The Morgan fingerprint density at radius 1 is 1.00 bits per heavy atom. The number of carbonyl (C=O) groups is 1. The van der Waals surface area contributed by atoms with Crippen molar-refractivity contribution in [3.05, 3.63) is 61.1 Å². The molecule has 0 spiro atoms. The molecule has 6 rings (SSSR count). The molecular formula is C29H33FN8O3S. The Morgan fingerprint density at radius 2 is 1.76 bits per heavy atom. The van der Waals surface area contributed by atoms with E-state index in [9.17, 15) is 17.6 Å². The number of sulfone groups is 1. The lowest BCUT2D eigenvalue weighted by Crippen LogP contribution is -2.54. The highest BCUT2D eigenvalue weighted by atomic mass is 32.2. The van der Waals surface area contributed by atoms with E-state index < -0.39 is 9.84 Å². The molecule has 0 bridgehead atoms. The van der Waals surface area contributed by atoms with Gasteiger partial charge in [-0.25, -0.2) is 32.7 Å². The number of halogens is 1. The average Bonchev–Trinajstić information content (AvgIpc) is 3.39. The highest BCUT2D eigenvalue weighted by molar-refractivity contribution is 7.91. The summed E-state index contributed by atoms with van der Waals surface area (Å²) in [6.45, 7) is 5.01. The lowest BCUT2D eigenvalue weighted by atomic mass is 10.0. The first-order chi connectivity index (χ1) is 20.2. The van der Waals surface area contributed by atoms with E-state index in [1.165, 1.54) is 18.4 Å². The van der Waals surface area contributed by atoms with Gasteiger partial charge in [-0.2, -0.15) is 0 Å². The van der Waals surface area contributed by atoms with Crippen LogP contribution in [0.4, 0.5) is 16.0 Å². The Kier molecular flexibility index (Phi) is 7.52. The fraction of sp³-hybridized carbons (Fsp3) is 0.414. The van der Waals surface area contributed by atoms with Crippen molar-refractivity contribution in [2.24, 2.45) is 0 Å². The number of aromatic nitrogens is 5. The topological polar surface area (TPSA) is 117 Å². The zero-order valence-electron chi connectivity index (χ0n) is 23.6. The first-order valence-corrected chi connectivity index (χ1v) is 16.0. The smallest absolute Gasteiger partial charge is 0.242 e. The number of pyridine rings is 1. The minimum atomic E-state index is -3.06. The van der Waals surface area contributed by atoms with Crippen molar-refractivity contribution in [3.8, 4) is 11.1 Å². The molecule has 3 aromatic heterocycles. The Hall–Kier alpha value is -4.13. The molecule has 0 radical (unpaired) electrons. The maximum Gasteiger partial charge on any atom is 0.242 e. The molecule has 4 aromatic rings. The molecule has 42 heavy (non-hydrogen) atoms. The van der Waals surface area contributed by atoms with Gasteiger partial charge < -0.3 is 19.3 Å². The van der Waals surface area contributed by atoms with Gasteiger partial charge >= 0.3 is 0 Å². The predicted molar refractivity (Wildman–Crippen MR) is 158 cm³/mol. The van der Waals surface area contributed by atoms with Gasteiger partial charge in [0, 0.05) is 80.4 Å². The van der Waals surface area contributed by atoms with Gasteiger partial charge in [0.1, 0.15) is 27.7 Å². The lowest BCUT2D eigenvalue weighted by Gasteiger charge is -2.41. The van der Waals surface area contributed by atoms with Crippen molar-refractivity contribution < 1.29 is 17.6 Å². The van der Waals surface area contributed by atoms with Crippen LogP contribution in [0.1, 0.15) is 19.8 Å². The first kappa shape index (κ1) is 28.0. The van der Waals surface area contributed by atoms with Crippen molar-refractivity contribution >= 4 is 38.5 Å². The zero-order valence-corrected chi connectivity index (χ0v) is 24.4. The van der Waals surface area contributed by atoms with E-state index in [4.69, 9.17) is 0 Å². The molecule has 11 nitrogen and oxygen atoms in total. The highest BCUT2D eigenvalue weighted by Crippen LogP contribution is 2.33. The number of hydrogen-bond acceptors (Lipinski definition) is 9. The number of piperazine rings is 1. The summed E-state index contributed by atoms with van der Waals surface area (Å²) in [5.41, 5.74) is 3.65. The van der Waals surface area contributed by atoms with Crippen LogP contribution in [0.15, 0.2) is 55.2 Å². The van der Waals surface area contributed by atoms with Gasteiger partial charge in [0.15, 0.2) is 5.65 Å². The largest absolute Gasteiger partial charge is 0.367 e. The van der Waals surface area contributed by atoms with Crippen LogP contribution in [-0.2, 0) is 21.2 Å². The molecule has 1 aromatic carbocycles. The standard InChI is InChI=1S/C29H33FN8O3S/c1-20-17-36(12-13-38(20)27(39)18-37-19-34-25-4-3-9-31-28(25)37)26-6-5-22(30)14-24(26)21-15-32-29(33-16-21)35-10-7-23(8-11-35)42(2,40)41/h3-6,9,14-16,19-20,23H,7-8,10-13,17-18H2,1-2H3. The molecule has 1 unspecified atom stereocenters. The predicted octanol–water partition coefficient (Wildman–Crippen LogP) is 2.78. The van der Waals surface area contributed by atoms with Crippen LogP contribution >= 0.6 is 0 Å². The van der Waals surface area contributed by atoms with E-state index in [2.05, 4.69) is 24.8 Å². The van der Waals surface area contributed by atoms with Crippen molar-refractivity contribution in [2.45, 2.75) is 37.6 Å². The van der Waals surface area contributed by atoms with E-state index in [-0.39, 0.29) is 29.6 Å². The van der Waals surface area contributed by atoms with Crippen LogP contribution in [-0.4, -0.2) is 94.0 Å². The van der Waals surface area contributed by atoms with Crippen molar-refractivity contribution in [2.75, 3.05) is 48.8 Å². The third-order valence-electron chi connectivity index (χ3n) is 8.21. The number of anilines is 2. The minimum absolute atomic E-state index is 0.00371. The maximum absolute atomic E-state index is 14.5. The van der Waals surface area contributed by atoms with Crippen molar-refractivity contribution in [1.29, 1.82) is 0 Å². The first-order valence-electron chi connectivity index (χ1n) is 14.0. The minimum Gasteiger partial charge on any atom is -0.367 e. The normalized spacial score (nSPS) is 18.5. The summed E-state index contributed by atoms with van der Waals surface area (Å²) in [7, 11) is -3.06. The second-order valence-corrected chi connectivity index (χ2v) is 13.4. The molecule has 0 saturated carbocycles. The monoisotopic (exact) mass is 592 g/mol. The summed E-state index contributed by atoms with van der Waals surface area (Å²) in [4.78, 5) is 37.1. The molecule has 5 heterocycles. The quantitative estimate of drug-likeness (QED) is 0.333. The maximum atomic E-state index is 14.5. The third kappa shape index (κ3) is 5.65. The molecule has 2 fully saturated rings. The van der Waals surface area contributed by atoms with Crippen LogP contribution < -0.4 is 9.80 Å². The summed E-state index contributed by atoms with van der Waals surface area (Å²) in [6.07, 6.45) is 9.09. The third-order valence-corrected chi connectivity index (χ3v) is 9.89. The van der Waals surface area contributed by atoms with Gasteiger partial charge in [-0.15, -0.1) is 0 Å². The SMILES string of the molecule is CC1CN(c2ccc(F)cc2-c2cnc(N3CCC(S(C)(=O)=O)CC3)nc2)CCN1C(=O)Cn1cnc2cccnc21. The van der Waals surface area contributed by atoms with Crippen molar-refractivity contribution in [3.63, 3.8) is 0 Å². The summed E-state index contributed by atoms with van der Waals surface area (Å²) >= 11 is 0. The molecule has 1 atom stereocenters. The number of imidazole rings is 1. The number of nitrogens with zero attached hydrogens (tertiary/aromatic N) is 8. The van der Waals surface area contributed by atoms with Crippen LogP contribution in [0.25, 0.3) is 22.3 Å². The molecular weight excluding hydrogens is 559 g/mol. The molecule has 13 heteroatoms. The van der Waals surface area contributed by atoms with Gasteiger partial charge in [0.05, 0.1) is 11.6 Å². The molecule has 0 N–H and O–H groups in total. The Balaban J connectivity index is 1.15. The van der Waals surface area contributed by atoms with Gasteiger partial charge in [0.25, 0.3) is 0 Å². The van der Waals surface area contributed by atoms with Gasteiger partial charge in [-0.3, -0.25) is 4.79 Å². The number of benzene rings is 1. The molecule has 220 valence electrons. The molecule has 0 aliphatic carbocycles. The zero-order chi connectivity index (χ0) is 29.4. The molecule has 2 aliphatic rings. The second kappa shape index (κ2) is 11.3. The lowest BCUT2D eigenvalue weighted by molar-refractivity contribution is -0.134. The van der Waals surface area contributed by atoms with Crippen molar-refractivity contribution in [1.82, 2.24) is 29.4 Å². The number of rotatable bonds is 6. The van der Waals surface area contributed by atoms with E-state index in [0.717, 1.165) is 11.2 Å². The fourth-order valence-electron chi connectivity index (χ4n) is 5.92. The summed E-state index contributed by atoms with van der Waals surface area (Å²) in [6, 6.07) is 8.32. The Labute approximate surface area is 243 Å². The second-order valence-electron chi connectivity index (χ2n) is 11.0. The van der Waals surface area contributed by atoms with Crippen LogP contribution in [0.3, 0.4) is 0 Å². The fourth-order valence-corrected chi connectivity index (χ4v) is 6.99. The Bertz CT molecular complexity index is 1700. The van der Waals surface area contributed by atoms with E-state index in [1.54, 1.807) is 35.6 Å². The number of fused-ring (bicyclic) bond motifs is 1. The number of carbonyl (C=O) groups excluding carboxylic acids is 1. The summed E-state index contributed by atoms with van der Waals surface area (Å²) in [5, 5.41) is -0.330. The molecule has 2 aliphatic heterocycles. The average molecular weight is 593 g/mol. The van der Waals surface area contributed by atoms with Crippen LogP contribution in [0.5, 0.6) is 0 Å². The number of piperidine rings is 1. The summed E-state index contributed by atoms with van der Waals surface area (Å²) in [5.74, 6) is 0.171. The van der Waals surface area contributed by atoms with E-state index >= 15 is 0 Å². The van der Waals surface area contributed by atoms with Crippen LogP contribution in [0.2, 0.25) is 0 Å². The van der Waals surface area contributed by atoms with Crippen LogP contribution in [0, 0.1) is 5.82 Å². The van der Waals surface area contributed by atoms with E-state index in [1.807, 2.05) is 28.9 Å². The summed E-state index contributed by atoms with van der Waals surface area (Å²) < 4.78 is 40.0. The highest BCUT2D eigenvalue weighted by Gasteiger charge is 2.30. The van der Waals surface area contributed by atoms with Gasteiger partial charge in [0.2, 0.25) is 11.9 Å². The Morgan fingerprint density at radius 3 is 2.48 bits per heavy atom. The molecule has 2 saturated heterocycles. The van der Waals surface area contributed by atoms with E-state index in [0.29, 0.717) is 68.3 Å². The molecule has 1 amide bonds.